The molecule has 7 heteroatoms. The summed E-state index contributed by atoms with van der Waals surface area (Å²) in [7, 11) is 1.73. The fourth-order valence-electron chi connectivity index (χ4n) is 3.03. The molecule has 0 radical (unpaired) electrons. The topological polar surface area (TPSA) is 67.6 Å². The molecule has 0 aliphatic rings. The van der Waals surface area contributed by atoms with E-state index in [0.29, 0.717) is 6.54 Å². The molecule has 2 heterocycles. The van der Waals surface area contributed by atoms with E-state index in [-0.39, 0.29) is 24.0 Å². The number of para-hydroxylation sites is 3. The van der Waals surface area contributed by atoms with Gasteiger partial charge in [-0.3, -0.25) is 4.79 Å². The number of hydrogen-bond donors (Lipinski definition) is 1. The summed E-state index contributed by atoms with van der Waals surface area (Å²) in [6.07, 6.45) is 1.96. The Kier molecular flexibility index (Phi) is 5.81. The molecular formula is C23H21N3O3S. The monoisotopic (exact) mass is 419 g/mol. The van der Waals surface area contributed by atoms with Crippen LogP contribution in [0.3, 0.4) is 0 Å². The van der Waals surface area contributed by atoms with Crippen LogP contribution in [0.25, 0.3) is 16.3 Å². The number of nitrogens with zero attached hydrogens (tertiary/aromatic N) is 3. The fourth-order valence-corrected chi connectivity index (χ4v) is 3.78. The zero-order chi connectivity index (χ0) is 20.9. The van der Waals surface area contributed by atoms with Crippen LogP contribution in [0.1, 0.15) is 5.56 Å². The van der Waals surface area contributed by atoms with Gasteiger partial charge in [-0.15, -0.1) is 11.3 Å². The highest BCUT2D eigenvalue weighted by Gasteiger charge is 2.18. The van der Waals surface area contributed by atoms with E-state index in [1.165, 1.54) is 6.07 Å². The van der Waals surface area contributed by atoms with Crippen molar-refractivity contribution in [1.82, 2.24) is 14.7 Å². The van der Waals surface area contributed by atoms with Crippen LogP contribution in [-0.2, 0) is 11.3 Å². The van der Waals surface area contributed by atoms with Crippen LogP contribution in [0.5, 0.6) is 11.5 Å². The molecule has 30 heavy (non-hydrogen) atoms. The molecule has 2 aromatic heterocycles. The van der Waals surface area contributed by atoms with Gasteiger partial charge in [0.05, 0.1) is 10.6 Å². The van der Waals surface area contributed by atoms with Crippen LogP contribution < -0.4 is 4.74 Å². The van der Waals surface area contributed by atoms with E-state index in [1.54, 1.807) is 41.5 Å². The standard InChI is InChI=1S/C23H21N3O3S/c1-25(22(28)16-29-20-11-6-5-10-19(20)27)14-17-15-26(18-8-3-2-4-9-18)24-23(17)21-12-7-13-30-21/h2-13,15,27H,14,16H2,1H3. The molecule has 0 aliphatic carbocycles. The number of aromatic nitrogens is 2. The Hall–Kier alpha value is -3.58. The Bertz CT molecular complexity index is 1120. The minimum Gasteiger partial charge on any atom is -0.504 e. The highest BCUT2D eigenvalue weighted by molar-refractivity contribution is 7.13. The lowest BCUT2D eigenvalue weighted by Crippen LogP contribution is -2.31. The molecule has 4 rings (SSSR count). The van der Waals surface area contributed by atoms with Crippen molar-refractivity contribution in [2.24, 2.45) is 0 Å². The number of carbonyl (C=O) groups is 1. The van der Waals surface area contributed by atoms with Crippen molar-refractivity contribution >= 4 is 17.2 Å². The zero-order valence-electron chi connectivity index (χ0n) is 16.4. The maximum absolute atomic E-state index is 12.6. The zero-order valence-corrected chi connectivity index (χ0v) is 17.2. The third kappa shape index (κ3) is 4.36. The maximum Gasteiger partial charge on any atom is 0.260 e. The Morgan fingerprint density at radius 1 is 1.10 bits per heavy atom. The van der Waals surface area contributed by atoms with Gasteiger partial charge < -0.3 is 14.7 Å². The number of aromatic hydroxyl groups is 1. The molecule has 0 unspecified atom stereocenters. The van der Waals surface area contributed by atoms with E-state index in [0.717, 1.165) is 21.8 Å². The Balaban J connectivity index is 1.52. The summed E-state index contributed by atoms with van der Waals surface area (Å²) in [6.45, 7) is 0.234. The molecule has 0 aliphatic heterocycles. The number of ether oxygens (including phenoxy) is 1. The summed E-state index contributed by atoms with van der Waals surface area (Å²) < 4.78 is 7.31. The number of thiophene rings is 1. The molecule has 0 saturated carbocycles. The summed E-state index contributed by atoms with van der Waals surface area (Å²) >= 11 is 1.61. The molecule has 4 aromatic rings. The van der Waals surface area contributed by atoms with Crippen molar-refractivity contribution in [2.75, 3.05) is 13.7 Å². The molecule has 0 bridgehead atoms. The first-order valence-corrected chi connectivity index (χ1v) is 10.3. The van der Waals surface area contributed by atoms with Gasteiger partial charge in [-0.25, -0.2) is 4.68 Å². The van der Waals surface area contributed by atoms with E-state index in [1.807, 2.05) is 58.7 Å². The Labute approximate surface area is 178 Å². The lowest BCUT2D eigenvalue weighted by molar-refractivity contribution is -0.132. The lowest BCUT2D eigenvalue weighted by atomic mass is 10.2. The second-order valence-electron chi connectivity index (χ2n) is 6.77. The Morgan fingerprint density at radius 2 is 1.87 bits per heavy atom. The van der Waals surface area contributed by atoms with Crippen molar-refractivity contribution in [2.45, 2.75) is 6.54 Å². The molecule has 6 nitrogen and oxygen atoms in total. The van der Waals surface area contributed by atoms with Gasteiger partial charge in [0, 0.05) is 25.4 Å². The van der Waals surface area contributed by atoms with Gasteiger partial charge >= 0.3 is 0 Å². The number of amides is 1. The number of phenols is 1. The van der Waals surface area contributed by atoms with Gasteiger partial charge in [-0.05, 0) is 35.7 Å². The predicted molar refractivity (Wildman–Crippen MR) is 117 cm³/mol. The Morgan fingerprint density at radius 3 is 2.60 bits per heavy atom. The smallest absolute Gasteiger partial charge is 0.260 e. The molecule has 152 valence electrons. The summed E-state index contributed by atoms with van der Waals surface area (Å²) in [5.41, 5.74) is 2.76. The third-order valence-electron chi connectivity index (χ3n) is 4.61. The number of benzene rings is 2. The van der Waals surface area contributed by atoms with E-state index in [9.17, 15) is 9.90 Å². The summed E-state index contributed by atoms with van der Waals surface area (Å²) in [5.74, 6) is 0.107. The second-order valence-corrected chi connectivity index (χ2v) is 7.71. The first kappa shape index (κ1) is 19.7. The van der Waals surface area contributed by atoms with Crippen molar-refractivity contribution in [3.05, 3.63) is 83.9 Å². The van der Waals surface area contributed by atoms with Crippen molar-refractivity contribution < 1.29 is 14.6 Å². The molecular weight excluding hydrogens is 398 g/mol. The van der Waals surface area contributed by atoms with Gasteiger partial charge in [-0.1, -0.05) is 36.4 Å². The molecule has 1 N–H and O–H groups in total. The molecule has 0 atom stereocenters. The predicted octanol–water partition coefficient (Wildman–Crippen LogP) is 4.34. The molecule has 0 saturated heterocycles. The van der Waals surface area contributed by atoms with Crippen LogP contribution in [-0.4, -0.2) is 39.3 Å². The van der Waals surface area contributed by atoms with Gasteiger partial charge in [0.15, 0.2) is 18.1 Å². The minimum atomic E-state index is -0.192. The summed E-state index contributed by atoms with van der Waals surface area (Å²) in [4.78, 5) is 15.2. The van der Waals surface area contributed by atoms with E-state index >= 15 is 0 Å². The number of rotatable bonds is 7. The average Bonchev–Trinajstić information content (AvgIpc) is 3.43. The van der Waals surface area contributed by atoms with E-state index in [4.69, 9.17) is 9.84 Å². The van der Waals surface area contributed by atoms with Crippen LogP contribution in [0.2, 0.25) is 0 Å². The molecule has 2 aromatic carbocycles. The highest BCUT2D eigenvalue weighted by Crippen LogP contribution is 2.29. The first-order chi connectivity index (χ1) is 14.6. The number of phenolic OH excluding ortho intramolecular Hbond substituents is 1. The van der Waals surface area contributed by atoms with Crippen LogP contribution in [0.4, 0.5) is 0 Å². The highest BCUT2D eigenvalue weighted by atomic mass is 32.1. The number of likely N-dealkylation sites (N-methyl/N-ethyl adjacent to an activating group) is 1. The van der Waals surface area contributed by atoms with Gasteiger partial charge in [0.25, 0.3) is 5.91 Å². The largest absolute Gasteiger partial charge is 0.504 e. The summed E-state index contributed by atoms with van der Waals surface area (Å²) in [6, 6.07) is 20.5. The second kappa shape index (κ2) is 8.84. The molecule has 0 fully saturated rings. The fraction of sp³-hybridized carbons (Fsp3) is 0.130. The lowest BCUT2D eigenvalue weighted by Gasteiger charge is -2.17. The van der Waals surface area contributed by atoms with Crippen LogP contribution >= 0.6 is 11.3 Å². The first-order valence-electron chi connectivity index (χ1n) is 9.44. The molecule has 0 spiro atoms. The number of hydrogen-bond acceptors (Lipinski definition) is 5. The average molecular weight is 420 g/mol. The minimum absolute atomic E-state index is 0.0112. The van der Waals surface area contributed by atoms with Crippen molar-refractivity contribution in [1.29, 1.82) is 0 Å². The van der Waals surface area contributed by atoms with Crippen LogP contribution in [0, 0.1) is 0 Å². The van der Waals surface area contributed by atoms with E-state index in [2.05, 4.69) is 0 Å². The third-order valence-corrected chi connectivity index (χ3v) is 5.49. The van der Waals surface area contributed by atoms with E-state index < -0.39 is 0 Å². The van der Waals surface area contributed by atoms with Gasteiger partial charge in [0.2, 0.25) is 0 Å². The van der Waals surface area contributed by atoms with Crippen molar-refractivity contribution in [3.8, 4) is 27.8 Å². The van der Waals surface area contributed by atoms with Crippen molar-refractivity contribution in [3.63, 3.8) is 0 Å². The SMILES string of the molecule is CN(Cc1cn(-c2ccccc2)nc1-c1cccs1)C(=O)COc1ccccc1O. The van der Waals surface area contributed by atoms with Crippen LogP contribution in [0.15, 0.2) is 78.3 Å². The normalized spacial score (nSPS) is 10.7. The summed E-state index contributed by atoms with van der Waals surface area (Å²) in [5, 5.41) is 16.6. The van der Waals surface area contributed by atoms with Gasteiger partial charge in [0.1, 0.15) is 5.69 Å². The maximum atomic E-state index is 12.6. The number of carbonyl (C=O) groups excluding carboxylic acids is 1. The quantitative estimate of drug-likeness (QED) is 0.484. The van der Waals surface area contributed by atoms with Gasteiger partial charge in [-0.2, -0.15) is 5.10 Å². The molecule has 1 amide bonds.